The summed E-state index contributed by atoms with van der Waals surface area (Å²) in [5, 5.41) is 8.72. The highest BCUT2D eigenvalue weighted by atomic mass is 35.5. The highest BCUT2D eigenvalue weighted by molar-refractivity contribution is 7.92. The molecule has 2 rings (SSSR count). The summed E-state index contributed by atoms with van der Waals surface area (Å²) < 4.78 is 41.0. The quantitative estimate of drug-likeness (QED) is 0.822. The third kappa shape index (κ3) is 4.11. The van der Waals surface area contributed by atoms with Crippen molar-refractivity contribution in [3.63, 3.8) is 0 Å². The molecule has 8 heteroatoms. The largest absolute Gasteiger partial charge is 0.478 e. The second kappa shape index (κ2) is 6.65. The Morgan fingerprint density at radius 1 is 1.12 bits per heavy atom. The summed E-state index contributed by atoms with van der Waals surface area (Å²) in [6.45, 7) is 5.97. The molecule has 0 aliphatic rings. The van der Waals surface area contributed by atoms with Gasteiger partial charge in [-0.2, -0.15) is 0 Å². The van der Waals surface area contributed by atoms with Crippen LogP contribution in [0.4, 0.5) is 10.1 Å². The van der Waals surface area contributed by atoms with Gasteiger partial charge < -0.3 is 5.11 Å². The number of rotatable bonds is 4. The van der Waals surface area contributed by atoms with E-state index >= 15 is 0 Å². The molecule has 0 fully saturated rings. The fourth-order valence-electron chi connectivity index (χ4n) is 2.18. The summed E-state index contributed by atoms with van der Waals surface area (Å²) in [5.74, 6) is -2.82. The zero-order valence-electron chi connectivity index (χ0n) is 13.8. The second-order valence-corrected chi connectivity index (χ2v) is 8.56. The van der Waals surface area contributed by atoms with Gasteiger partial charge in [-0.1, -0.05) is 44.5 Å². The predicted octanol–water partition coefficient (Wildman–Crippen LogP) is 4.28. The van der Waals surface area contributed by atoms with E-state index in [0.29, 0.717) is 0 Å². The van der Waals surface area contributed by atoms with Crippen molar-refractivity contribution in [3.8, 4) is 0 Å². The number of carbonyl (C=O) groups is 1. The van der Waals surface area contributed by atoms with E-state index in [0.717, 1.165) is 17.7 Å². The molecule has 0 spiro atoms. The molecule has 2 N–H and O–H groups in total. The van der Waals surface area contributed by atoms with Crippen LogP contribution in [-0.4, -0.2) is 19.5 Å². The van der Waals surface area contributed by atoms with Gasteiger partial charge in [-0.05, 0) is 35.2 Å². The van der Waals surface area contributed by atoms with Gasteiger partial charge in [-0.25, -0.2) is 17.6 Å². The van der Waals surface area contributed by atoms with E-state index in [2.05, 4.69) is 4.72 Å². The number of halogens is 2. The van der Waals surface area contributed by atoms with E-state index < -0.39 is 38.1 Å². The van der Waals surface area contributed by atoms with Crippen LogP contribution in [0.15, 0.2) is 41.3 Å². The summed E-state index contributed by atoms with van der Waals surface area (Å²) in [6, 6.07) is 8.37. The van der Waals surface area contributed by atoms with Gasteiger partial charge in [0.05, 0.1) is 15.6 Å². The Kier molecular flexibility index (Phi) is 5.11. The minimum Gasteiger partial charge on any atom is -0.478 e. The topological polar surface area (TPSA) is 83.5 Å². The van der Waals surface area contributed by atoms with Crippen molar-refractivity contribution >= 4 is 33.3 Å². The maximum atomic E-state index is 13.9. The lowest BCUT2D eigenvalue weighted by atomic mass is 9.87. The van der Waals surface area contributed by atoms with Crippen LogP contribution >= 0.6 is 11.6 Å². The molecule has 0 aliphatic heterocycles. The Morgan fingerprint density at radius 3 is 2.16 bits per heavy atom. The molecule has 2 aromatic rings. The average Bonchev–Trinajstić information content (AvgIpc) is 2.50. The van der Waals surface area contributed by atoms with E-state index in [4.69, 9.17) is 16.7 Å². The average molecular weight is 386 g/mol. The standard InChI is InChI=1S/C17H17ClFNO4S/c1-17(2,3)10-4-6-11(7-5-10)25(23,24)20-13-9-8-12(18)15(19)14(13)16(21)22/h4-9,20H,1-3H3,(H,21,22). The van der Waals surface area contributed by atoms with Crippen LogP contribution in [0.2, 0.25) is 5.02 Å². The molecular formula is C17H17ClFNO4S. The Bertz CT molecular complexity index is 919. The number of hydrogen-bond acceptors (Lipinski definition) is 3. The number of sulfonamides is 1. The second-order valence-electron chi connectivity index (χ2n) is 6.47. The van der Waals surface area contributed by atoms with E-state index in [1.54, 1.807) is 12.1 Å². The molecule has 0 unspecified atom stereocenters. The number of carboxylic acid groups (broad SMARTS) is 1. The molecule has 0 bridgehead atoms. The highest BCUT2D eigenvalue weighted by Crippen LogP contribution is 2.28. The third-order valence-electron chi connectivity index (χ3n) is 3.58. The van der Waals surface area contributed by atoms with E-state index in [-0.39, 0.29) is 10.3 Å². The van der Waals surface area contributed by atoms with Gasteiger partial charge >= 0.3 is 5.97 Å². The fraction of sp³-hybridized carbons (Fsp3) is 0.235. The van der Waals surface area contributed by atoms with Gasteiger partial charge in [-0.3, -0.25) is 4.72 Å². The minimum absolute atomic E-state index is 0.0628. The molecule has 0 atom stereocenters. The first-order chi connectivity index (χ1) is 11.4. The number of hydrogen-bond donors (Lipinski definition) is 2. The Balaban J connectivity index is 2.43. The molecule has 134 valence electrons. The van der Waals surface area contributed by atoms with E-state index in [9.17, 15) is 17.6 Å². The van der Waals surface area contributed by atoms with Crippen molar-refractivity contribution in [2.75, 3.05) is 4.72 Å². The maximum Gasteiger partial charge on any atom is 0.340 e. The van der Waals surface area contributed by atoms with Crippen LogP contribution in [0.25, 0.3) is 0 Å². The van der Waals surface area contributed by atoms with E-state index in [1.165, 1.54) is 12.1 Å². The lowest BCUT2D eigenvalue weighted by Crippen LogP contribution is -2.17. The summed E-state index contributed by atoms with van der Waals surface area (Å²) >= 11 is 5.56. The van der Waals surface area contributed by atoms with Crippen molar-refractivity contribution < 1.29 is 22.7 Å². The smallest absolute Gasteiger partial charge is 0.340 e. The molecule has 0 heterocycles. The number of anilines is 1. The molecule has 0 radical (unpaired) electrons. The van der Waals surface area contributed by atoms with Crippen molar-refractivity contribution in [1.82, 2.24) is 0 Å². The van der Waals surface area contributed by atoms with Gasteiger partial charge in [0.2, 0.25) is 0 Å². The summed E-state index contributed by atoms with van der Waals surface area (Å²) in [7, 11) is -4.08. The molecular weight excluding hydrogens is 369 g/mol. The van der Waals surface area contributed by atoms with Crippen LogP contribution in [0, 0.1) is 5.82 Å². The summed E-state index contributed by atoms with van der Waals surface area (Å²) in [5.41, 5.74) is -0.433. The van der Waals surface area contributed by atoms with E-state index in [1.807, 2.05) is 20.8 Å². The number of nitrogens with one attached hydrogen (secondary N) is 1. The van der Waals surface area contributed by atoms with Gasteiger partial charge in [0.1, 0.15) is 5.56 Å². The fourth-order valence-corrected chi connectivity index (χ4v) is 3.41. The summed E-state index contributed by atoms with van der Waals surface area (Å²) in [4.78, 5) is 11.2. The number of aromatic carboxylic acids is 1. The van der Waals surface area contributed by atoms with Crippen LogP contribution in [0.3, 0.4) is 0 Å². The van der Waals surface area contributed by atoms with Crippen LogP contribution in [0.1, 0.15) is 36.7 Å². The molecule has 0 saturated carbocycles. The summed E-state index contributed by atoms with van der Waals surface area (Å²) in [6.07, 6.45) is 0. The van der Waals surface area contributed by atoms with Gasteiger partial charge in [0, 0.05) is 0 Å². The first kappa shape index (κ1) is 19.2. The molecule has 2 aromatic carbocycles. The number of carboxylic acids is 1. The molecule has 25 heavy (non-hydrogen) atoms. The molecule has 5 nitrogen and oxygen atoms in total. The van der Waals surface area contributed by atoms with Crippen molar-refractivity contribution in [1.29, 1.82) is 0 Å². The third-order valence-corrected chi connectivity index (χ3v) is 5.26. The molecule has 0 aliphatic carbocycles. The van der Waals surface area contributed by atoms with Crippen LogP contribution in [-0.2, 0) is 15.4 Å². The van der Waals surface area contributed by atoms with Gasteiger partial charge in [0.15, 0.2) is 5.82 Å². The lowest BCUT2D eigenvalue weighted by Gasteiger charge is -2.19. The first-order valence-corrected chi connectivity index (χ1v) is 9.14. The van der Waals surface area contributed by atoms with Gasteiger partial charge in [-0.15, -0.1) is 0 Å². The lowest BCUT2D eigenvalue weighted by molar-refractivity contribution is 0.0693. The molecule has 0 saturated heterocycles. The number of benzene rings is 2. The molecule has 0 aromatic heterocycles. The van der Waals surface area contributed by atoms with Gasteiger partial charge in [0.25, 0.3) is 10.0 Å². The van der Waals surface area contributed by atoms with Crippen molar-refractivity contribution in [3.05, 3.63) is 58.4 Å². The Morgan fingerprint density at radius 2 is 1.68 bits per heavy atom. The van der Waals surface area contributed by atoms with Crippen LogP contribution in [0.5, 0.6) is 0 Å². The molecule has 0 amide bonds. The predicted molar refractivity (Wildman–Crippen MR) is 94.3 cm³/mol. The monoisotopic (exact) mass is 385 g/mol. The zero-order chi connectivity index (χ0) is 19.0. The zero-order valence-corrected chi connectivity index (χ0v) is 15.4. The Labute approximate surface area is 150 Å². The normalized spacial score (nSPS) is 12.0. The van der Waals surface area contributed by atoms with Crippen molar-refractivity contribution in [2.24, 2.45) is 0 Å². The van der Waals surface area contributed by atoms with Crippen LogP contribution < -0.4 is 4.72 Å². The minimum atomic E-state index is -4.08. The SMILES string of the molecule is CC(C)(C)c1ccc(S(=O)(=O)Nc2ccc(Cl)c(F)c2C(=O)O)cc1. The Hall–Kier alpha value is -2.12. The highest BCUT2D eigenvalue weighted by Gasteiger charge is 2.24. The first-order valence-electron chi connectivity index (χ1n) is 7.28. The van der Waals surface area contributed by atoms with Crippen molar-refractivity contribution in [2.45, 2.75) is 31.1 Å². The maximum absolute atomic E-state index is 13.9.